The first-order chi connectivity index (χ1) is 9.99. The fourth-order valence-electron chi connectivity index (χ4n) is 2.75. The third-order valence-electron chi connectivity index (χ3n) is 4.06. The van der Waals surface area contributed by atoms with Crippen LogP contribution in [0, 0.1) is 17.6 Å². The van der Waals surface area contributed by atoms with Crippen LogP contribution in [-0.4, -0.2) is 34.5 Å². The molecule has 4 nitrogen and oxygen atoms in total. The molecule has 1 amide bonds. The zero-order valence-electron chi connectivity index (χ0n) is 11.3. The van der Waals surface area contributed by atoms with Crippen LogP contribution in [0.5, 0.6) is 0 Å². The molecule has 0 aromatic heterocycles. The van der Waals surface area contributed by atoms with Gasteiger partial charge in [0.05, 0.1) is 0 Å². The Kier molecular flexibility index (Phi) is 3.39. The zero-order chi connectivity index (χ0) is 15.1. The lowest BCUT2D eigenvalue weighted by molar-refractivity contribution is -0.145. The first-order valence-electron chi connectivity index (χ1n) is 6.95. The smallest absolute Gasteiger partial charge is 0.323 e. The van der Waals surface area contributed by atoms with Gasteiger partial charge in [0.15, 0.2) is 11.6 Å². The molecule has 0 saturated heterocycles. The van der Waals surface area contributed by atoms with Gasteiger partial charge >= 0.3 is 5.97 Å². The number of carbonyl (C=O) groups excluding carboxylic acids is 1. The second kappa shape index (κ2) is 5.09. The minimum Gasteiger partial charge on any atom is -0.480 e. The second-order valence-corrected chi connectivity index (χ2v) is 5.68. The van der Waals surface area contributed by atoms with Crippen molar-refractivity contribution in [1.82, 2.24) is 4.90 Å². The fraction of sp³-hybridized carbons (Fsp3) is 0.467. The maximum absolute atomic E-state index is 13.7. The van der Waals surface area contributed by atoms with Crippen LogP contribution in [0.1, 0.15) is 30.7 Å². The number of hydrogen-bond acceptors (Lipinski definition) is 2. The average Bonchev–Trinajstić information content (AvgIpc) is 3.31. The van der Waals surface area contributed by atoms with Crippen LogP contribution in [0.15, 0.2) is 18.2 Å². The van der Waals surface area contributed by atoms with Crippen molar-refractivity contribution in [3.05, 3.63) is 35.4 Å². The number of carboxylic acid groups (broad SMARTS) is 1. The molecule has 0 unspecified atom stereocenters. The van der Waals surface area contributed by atoms with Crippen molar-refractivity contribution in [2.24, 2.45) is 5.92 Å². The van der Waals surface area contributed by atoms with Gasteiger partial charge in [-0.05, 0) is 36.8 Å². The standard InChI is InChI=1S/C15H15F2NO3/c16-12-3-1-2-9(14(12)17)10-6-11(10)15(21)18(7-13(19)20)8-4-5-8/h1-3,8,10-11H,4-7H2,(H,19,20)/t10-,11-/m1/s1. The van der Waals surface area contributed by atoms with Crippen molar-refractivity contribution in [3.63, 3.8) is 0 Å². The molecule has 21 heavy (non-hydrogen) atoms. The van der Waals surface area contributed by atoms with Crippen LogP contribution >= 0.6 is 0 Å². The van der Waals surface area contributed by atoms with Crippen molar-refractivity contribution in [2.45, 2.75) is 31.2 Å². The van der Waals surface area contributed by atoms with Gasteiger partial charge < -0.3 is 10.0 Å². The summed E-state index contributed by atoms with van der Waals surface area (Å²) in [4.78, 5) is 24.6. The van der Waals surface area contributed by atoms with Crippen molar-refractivity contribution in [3.8, 4) is 0 Å². The highest BCUT2D eigenvalue weighted by Crippen LogP contribution is 2.50. The van der Waals surface area contributed by atoms with E-state index in [0.717, 1.165) is 18.9 Å². The topological polar surface area (TPSA) is 57.6 Å². The molecule has 2 atom stereocenters. The summed E-state index contributed by atoms with van der Waals surface area (Å²) in [5.74, 6) is -3.91. The van der Waals surface area contributed by atoms with Gasteiger partial charge in [-0.3, -0.25) is 9.59 Å². The third kappa shape index (κ3) is 2.75. The van der Waals surface area contributed by atoms with Gasteiger partial charge in [0.1, 0.15) is 6.54 Å². The molecular formula is C15H15F2NO3. The summed E-state index contributed by atoms with van der Waals surface area (Å²) in [6.07, 6.45) is 2.07. The zero-order valence-corrected chi connectivity index (χ0v) is 11.3. The van der Waals surface area contributed by atoms with E-state index in [1.54, 1.807) is 0 Å². The SMILES string of the molecule is O=C(O)CN(C(=O)[C@@H]1C[C@@H]1c1cccc(F)c1F)C1CC1. The van der Waals surface area contributed by atoms with E-state index >= 15 is 0 Å². The van der Waals surface area contributed by atoms with Gasteiger partial charge in [-0.15, -0.1) is 0 Å². The van der Waals surface area contributed by atoms with Crippen molar-refractivity contribution >= 4 is 11.9 Å². The fourth-order valence-corrected chi connectivity index (χ4v) is 2.75. The van der Waals surface area contributed by atoms with E-state index in [-0.39, 0.29) is 30.0 Å². The average molecular weight is 295 g/mol. The molecule has 1 N–H and O–H groups in total. The van der Waals surface area contributed by atoms with Gasteiger partial charge in [0.2, 0.25) is 5.91 Å². The van der Waals surface area contributed by atoms with Gasteiger partial charge in [-0.2, -0.15) is 0 Å². The molecule has 2 aliphatic carbocycles. The number of benzene rings is 1. The van der Waals surface area contributed by atoms with Crippen molar-refractivity contribution in [2.75, 3.05) is 6.54 Å². The number of halogens is 2. The molecule has 0 aliphatic heterocycles. The summed E-state index contributed by atoms with van der Waals surface area (Å²) < 4.78 is 26.9. The van der Waals surface area contributed by atoms with Crippen LogP contribution in [0.3, 0.4) is 0 Å². The van der Waals surface area contributed by atoms with Crippen molar-refractivity contribution in [1.29, 1.82) is 0 Å². The highest BCUT2D eigenvalue weighted by molar-refractivity contribution is 5.86. The molecule has 0 spiro atoms. The molecule has 6 heteroatoms. The highest BCUT2D eigenvalue weighted by atomic mass is 19.2. The first kappa shape index (κ1) is 14.0. The van der Waals surface area contributed by atoms with Gasteiger partial charge in [-0.1, -0.05) is 12.1 Å². The van der Waals surface area contributed by atoms with E-state index in [9.17, 15) is 18.4 Å². The van der Waals surface area contributed by atoms with Crippen LogP contribution in [0.2, 0.25) is 0 Å². The Hall–Kier alpha value is -1.98. The largest absolute Gasteiger partial charge is 0.480 e. The second-order valence-electron chi connectivity index (χ2n) is 5.68. The summed E-state index contributed by atoms with van der Waals surface area (Å²) in [6.45, 7) is -0.321. The quantitative estimate of drug-likeness (QED) is 0.905. The number of carbonyl (C=O) groups is 2. The minimum absolute atomic E-state index is 0.00722. The Labute approximate surface area is 120 Å². The van der Waals surface area contributed by atoms with Gasteiger partial charge in [0.25, 0.3) is 0 Å². The molecule has 2 saturated carbocycles. The summed E-state index contributed by atoms with van der Waals surface area (Å²) in [5, 5.41) is 8.87. The van der Waals surface area contributed by atoms with E-state index < -0.39 is 23.5 Å². The monoisotopic (exact) mass is 295 g/mol. The molecular weight excluding hydrogens is 280 g/mol. The van der Waals surface area contributed by atoms with E-state index in [1.807, 2.05) is 0 Å². The Morgan fingerprint density at radius 1 is 1.29 bits per heavy atom. The van der Waals surface area contributed by atoms with E-state index in [4.69, 9.17) is 5.11 Å². The van der Waals surface area contributed by atoms with Crippen LogP contribution in [0.4, 0.5) is 8.78 Å². The lowest BCUT2D eigenvalue weighted by Gasteiger charge is -2.20. The number of nitrogens with zero attached hydrogens (tertiary/aromatic N) is 1. The van der Waals surface area contributed by atoms with E-state index in [0.29, 0.717) is 6.42 Å². The maximum atomic E-state index is 13.7. The first-order valence-corrected chi connectivity index (χ1v) is 6.95. The molecule has 0 bridgehead atoms. The maximum Gasteiger partial charge on any atom is 0.323 e. The van der Waals surface area contributed by atoms with Gasteiger partial charge in [0, 0.05) is 12.0 Å². The van der Waals surface area contributed by atoms with Crippen LogP contribution in [0.25, 0.3) is 0 Å². The van der Waals surface area contributed by atoms with E-state index in [2.05, 4.69) is 0 Å². The molecule has 112 valence electrons. The summed E-state index contributed by atoms with van der Waals surface area (Å²) in [5.41, 5.74) is 0.208. The number of aliphatic carboxylic acids is 1. The number of amides is 1. The normalized spacial score (nSPS) is 23.7. The molecule has 1 aromatic carbocycles. The lowest BCUT2D eigenvalue weighted by atomic mass is 10.1. The summed E-state index contributed by atoms with van der Waals surface area (Å²) >= 11 is 0. The number of rotatable bonds is 5. The highest BCUT2D eigenvalue weighted by Gasteiger charge is 2.49. The molecule has 0 radical (unpaired) electrons. The van der Waals surface area contributed by atoms with E-state index in [1.165, 1.54) is 17.0 Å². The third-order valence-corrected chi connectivity index (χ3v) is 4.06. The molecule has 2 fully saturated rings. The lowest BCUT2D eigenvalue weighted by Crippen LogP contribution is -2.38. The molecule has 0 heterocycles. The van der Waals surface area contributed by atoms with Crippen LogP contribution < -0.4 is 0 Å². The Morgan fingerprint density at radius 3 is 2.62 bits per heavy atom. The molecule has 1 aromatic rings. The summed E-state index contributed by atoms with van der Waals surface area (Å²) in [6, 6.07) is 3.93. The predicted octanol–water partition coefficient (Wildman–Crippen LogP) is 2.14. The Balaban J connectivity index is 1.73. The number of hydrogen-bond donors (Lipinski definition) is 1. The summed E-state index contributed by atoms with van der Waals surface area (Å²) in [7, 11) is 0. The minimum atomic E-state index is -1.05. The van der Waals surface area contributed by atoms with Crippen molar-refractivity contribution < 1.29 is 23.5 Å². The number of carboxylic acids is 1. The van der Waals surface area contributed by atoms with Crippen LogP contribution in [-0.2, 0) is 9.59 Å². The van der Waals surface area contributed by atoms with Gasteiger partial charge in [-0.25, -0.2) is 8.78 Å². The Morgan fingerprint density at radius 2 is 2.00 bits per heavy atom. The molecule has 2 aliphatic rings. The Bertz CT molecular complexity index is 601. The predicted molar refractivity (Wildman–Crippen MR) is 69.6 cm³/mol. The molecule has 3 rings (SSSR count).